The normalized spacial score (nSPS) is 15.0. The van der Waals surface area contributed by atoms with Crippen molar-refractivity contribution in [3.8, 4) is 0 Å². The van der Waals surface area contributed by atoms with Crippen LogP contribution in [0.25, 0.3) is 6.08 Å². The van der Waals surface area contributed by atoms with Crippen molar-refractivity contribution in [2.45, 2.75) is 45.6 Å². The Morgan fingerprint density at radius 2 is 1.90 bits per heavy atom. The molecule has 0 aromatic heterocycles. The average molecular weight is 450 g/mol. The van der Waals surface area contributed by atoms with Gasteiger partial charge in [0, 0.05) is 43.7 Å². The first-order chi connectivity index (χ1) is 14.6. The lowest BCUT2D eigenvalue weighted by molar-refractivity contribution is -0.127. The van der Waals surface area contributed by atoms with Crippen molar-refractivity contribution in [2.24, 2.45) is 5.92 Å². The fourth-order valence-electron chi connectivity index (χ4n) is 3.18. The first kappa shape index (κ1) is 24.7. The van der Waals surface area contributed by atoms with Gasteiger partial charge >= 0.3 is 6.09 Å². The molecule has 8 heteroatoms. The number of likely N-dealkylation sites (tertiary alicyclic amines) is 1. The summed E-state index contributed by atoms with van der Waals surface area (Å²) in [5, 5.41) is 6.12. The summed E-state index contributed by atoms with van der Waals surface area (Å²) in [7, 11) is 0. The lowest BCUT2D eigenvalue weighted by Gasteiger charge is -2.31. The second-order valence-electron chi connectivity index (χ2n) is 8.64. The van der Waals surface area contributed by atoms with Gasteiger partial charge in [0.1, 0.15) is 5.60 Å². The monoisotopic (exact) mass is 449 g/mol. The van der Waals surface area contributed by atoms with Crippen molar-refractivity contribution in [1.82, 2.24) is 15.5 Å². The van der Waals surface area contributed by atoms with Crippen LogP contribution in [-0.4, -0.2) is 54.6 Å². The fourth-order valence-corrected chi connectivity index (χ4v) is 3.38. The van der Waals surface area contributed by atoms with E-state index >= 15 is 0 Å². The number of amides is 3. The van der Waals surface area contributed by atoms with Gasteiger partial charge in [0.05, 0.1) is 0 Å². The van der Waals surface area contributed by atoms with Crippen LogP contribution in [0.1, 0.15) is 45.6 Å². The Kier molecular flexibility index (Phi) is 9.37. The molecule has 1 aromatic rings. The lowest BCUT2D eigenvalue weighted by atomic mass is 9.96. The second kappa shape index (κ2) is 11.7. The van der Waals surface area contributed by atoms with Gasteiger partial charge in [0.15, 0.2) is 0 Å². The Labute approximate surface area is 189 Å². The zero-order chi connectivity index (χ0) is 22.9. The van der Waals surface area contributed by atoms with E-state index in [9.17, 15) is 14.4 Å². The van der Waals surface area contributed by atoms with Crippen molar-refractivity contribution < 1.29 is 19.1 Å². The quantitative estimate of drug-likeness (QED) is 0.622. The maximum absolute atomic E-state index is 12.4. The van der Waals surface area contributed by atoms with Crippen molar-refractivity contribution in [2.75, 3.05) is 26.2 Å². The van der Waals surface area contributed by atoms with Crippen LogP contribution in [0.5, 0.6) is 0 Å². The standard InChI is InChI=1S/C23H32ClN3O4/c1-23(2,3)31-22(30)25-12-9-20(28)26-16-18-10-13-27(14-11-18)21(29)8-7-17-5-4-6-19(24)15-17/h4-8,15,18H,9-14,16H2,1-3H3,(H,25,30)(H,26,28)/b8-7+. The molecule has 0 saturated carbocycles. The predicted octanol–water partition coefficient (Wildman–Crippen LogP) is 3.62. The molecule has 2 N–H and O–H groups in total. The van der Waals surface area contributed by atoms with Crippen LogP contribution in [0.15, 0.2) is 30.3 Å². The Bertz CT molecular complexity index is 796. The maximum Gasteiger partial charge on any atom is 0.407 e. The zero-order valence-electron chi connectivity index (χ0n) is 18.4. The molecule has 0 radical (unpaired) electrons. The number of hydrogen-bond acceptors (Lipinski definition) is 4. The number of nitrogens with zero attached hydrogens (tertiary/aromatic N) is 1. The summed E-state index contributed by atoms with van der Waals surface area (Å²) in [6, 6.07) is 7.35. The van der Waals surface area contributed by atoms with Crippen LogP contribution in [-0.2, 0) is 14.3 Å². The molecule has 0 unspecified atom stereocenters. The highest BCUT2D eigenvalue weighted by atomic mass is 35.5. The van der Waals surface area contributed by atoms with E-state index in [4.69, 9.17) is 16.3 Å². The van der Waals surface area contributed by atoms with Crippen molar-refractivity contribution in [3.05, 3.63) is 40.9 Å². The Morgan fingerprint density at radius 1 is 1.19 bits per heavy atom. The van der Waals surface area contributed by atoms with E-state index in [1.165, 1.54) is 0 Å². The molecule has 2 rings (SSSR count). The number of ether oxygens (including phenoxy) is 1. The SMILES string of the molecule is CC(C)(C)OC(=O)NCCC(=O)NCC1CCN(C(=O)/C=C/c2cccc(Cl)c2)CC1. The molecule has 0 bridgehead atoms. The highest BCUT2D eigenvalue weighted by molar-refractivity contribution is 6.30. The second-order valence-corrected chi connectivity index (χ2v) is 9.08. The molecule has 1 aromatic carbocycles. The summed E-state index contributed by atoms with van der Waals surface area (Å²) in [4.78, 5) is 37.8. The van der Waals surface area contributed by atoms with Crippen LogP contribution < -0.4 is 10.6 Å². The predicted molar refractivity (Wildman–Crippen MR) is 122 cm³/mol. The highest BCUT2D eigenvalue weighted by Gasteiger charge is 2.22. The van der Waals surface area contributed by atoms with Gasteiger partial charge in [-0.05, 0) is 63.3 Å². The molecule has 7 nitrogen and oxygen atoms in total. The summed E-state index contributed by atoms with van der Waals surface area (Å²) in [5.41, 5.74) is 0.327. The Morgan fingerprint density at radius 3 is 2.55 bits per heavy atom. The summed E-state index contributed by atoms with van der Waals surface area (Å²) in [5.74, 6) is 0.207. The molecule has 3 amide bonds. The van der Waals surface area contributed by atoms with Crippen LogP contribution in [0.3, 0.4) is 0 Å². The number of benzene rings is 1. The number of rotatable bonds is 7. The summed E-state index contributed by atoms with van der Waals surface area (Å²) < 4.78 is 5.13. The zero-order valence-corrected chi connectivity index (χ0v) is 19.2. The molecule has 170 valence electrons. The maximum atomic E-state index is 12.4. The number of nitrogens with one attached hydrogen (secondary N) is 2. The van der Waals surface area contributed by atoms with Gasteiger partial charge in [0.2, 0.25) is 11.8 Å². The van der Waals surface area contributed by atoms with Gasteiger partial charge in [-0.3, -0.25) is 9.59 Å². The van der Waals surface area contributed by atoms with E-state index in [2.05, 4.69) is 10.6 Å². The highest BCUT2D eigenvalue weighted by Crippen LogP contribution is 2.17. The first-order valence-corrected chi connectivity index (χ1v) is 11.0. The third-order valence-corrected chi connectivity index (χ3v) is 5.04. The molecular weight excluding hydrogens is 418 g/mol. The molecule has 1 aliphatic rings. The molecule has 1 fully saturated rings. The molecule has 1 saturated heterocycles. The smallest absolute Gasteiger partial charge is 0.407 e. The van der Waals surface area contributed by atoms with Gasteiger partial charge in [0.25, 0.3) is 0 Å². The molecule has 0 aliphatic carbocycles. The number of carbonyl (C=O) groups is 3. The fraction of sp³-hybridized carbons (Fsp3) is 0.522. The van der Waals surface area contributed by atoms with E-state index in [0.717, 1.165) is 18.4 Å². The van der Waals surface area contributed by atoms with Crippen molar-refractivity contribution in [3.63, 3.8) is 0 Å². The van der Waals surface area contributed by atoms with Crippen molar-refractivity contribution >= 4 is 35.6 Å². The number of piperidine rings is 1. The van der Waals surface area contributed by atoms with Crippen molar-refractivity contribution in [1.29, 1.82) is 0 Å². The molecule has 0 spiro atoms. The Hall–Kier alpha value is -2.54. The third-order valence-electron chi connectivity index (χ3n) is 4.80. The van der Waals surface area contributed by atoms with E-state index < -0.39 is 11.7 Å². The number of halogens is 1. The molecule has 1 aliphatic heterocycles. The average Bonchev–Trinajstić information content (AvgIpc) is 2.69. The van der Waals surface area contributed by atoms with Gasteiger partial charge in [-0.1, -0.05) is 23.7 Å². The number of hydrogen-bond donors (Lipinski definition) is 2. The van der Waals surface area contributed by atoms with Gasteiger partial charge in [-0.15, -0.1) is 0 Å². The molecule has 31 heavy (non-hydrogen) atoms. The largest absolute Gasteiger partial charge is 0.444 e. The summed E-state index contributed by atoms with van der Waals surface area (Å²) in [6.07, 6.45) is 4.70. The minimum atomic E-state index is -0.562. The molecular formula is C23H32ClN3O4. The molecule has 0 atom stereocenters. The minimum absolute atomic E-state index is 0.0179. The van der Waals surface area contributed by atoms with Crippen LogP contribution in [0, 0.1) is 5.92 Å². The number of alkyl carbamates (subject to hydrolysis) is 1. The van der Waals surface area contributed by atoms with Gasteiger partial charge in [-0.25, -0.2) is 4.79 Å². The van der Waals surface area contributed by atoms with E-state index in [1.807, 2.05) is 23.1 Å². The van der Waals surface area contributed by atoms with Crippen LogP contribution in [0.2, 0.25) is 5.02 Å². The van der Waals surface area contributed by atoms with Crippen LogP contribution in [0.4, 0.5) is 4.79 Å². The van der Waals surface area contributed by atoms with Crippen LogP contribution >= 0.6 is 11.6 Å². The summed E-state index contributed by atoms with van der Waals surface area (Å²) >= 11 is 5.96. The van der Waals surface area contributed by atoms with E-state index in [1.54, 1.807) is 39.0 Å². The topological polar surface area (TPSA) is 87.7 Å². The van der Waals surface area contributed by atoms with E-state index in [-0.39, 0.29) is 24.8 Å². The Balaban J connectivity index is 1.62. The minimum Gasteiger partial charge on any atom is -0.444 e. The first-order valence-electron chi connectivity index (χ1n) is 10.6. The van der Waals surface area contributed by atoms with E-state index in [0.29, 0.717) is 30.6 Å². The third kappa shape index (κ3) is 9.87. The van der Waals surface area contributed by atoms with Gasteiger partial charge < -0.3 is 20.3 Å². The van der Waals surface area contributed by atoms with Gasteiger partial charge in [-0.2, -0.15) is 0 Å². The summed E-state index contributed by atoms with van der Waals surface area (Å²) in [6.45, 7) is 7.49. The number of carbonyl (C=O) groups excluding carboxylic acids is 3. The molecule has 1 heterocycles. The lowest BCUT2D eigenvalue weighted by Crippen LogP contribution is -2.41.